The molecule has 1 saturated heterocycles. The van der Waals surface area contributed by atoms with Crippen LogP contribution in [0.15, 0.2) is 47.1 Å². The predicted octanol–water partition coefficient (Wildman–Crippen LogP) is 2.42. The number of esters is 1. The van der Waals surface area contributed by atoms with Crippen LogP contribution in [0.3, 0.4) is 0 Å². The van der Waals surface area contributed by atoms with Gasteiger partial charge in [0.15, 0.2) is 0 Å². The number of nitrogens with zero attached hydrogens (tertiary/aromatic N) is 1. The molecule has 3 rings (SSSR count). The van der Waals surface area contributed by atoms with Gasteiger partial charge < -0.3 is 14.5 Å². The highest BCUT2D eigenvalue weighted by Crippen LogP contribution is 2.30. The van der Waals surface area contributed by atoms with E-state index in [4.69, 9.17) is 9.15 Å². The molecule has 1 aliphatic rings. The van der Waals surface area contributed by atoms with E-state index in [9.17, 15) is 14.4 Å². The number of nitrogens with one attached hydrogen (secondary N) is 1. The third kappa shape index (κ3) is 2.88. The molecular formula is C18H18N2O5. The van der Waals surface area contributed by atoms with Crippen LogP contribution in [0.4, 0.5) is 4.79 Å². The highest BCUT2D eigenvalue weighted by Gasteiger charge is 2.49. The largest absolute Gasteiger partial charge is 0.467 e. The van der Waals surface area contributed by atoms with E-state index in [2.05, 4.69) is 5.32 Å². The third-order valence-corrected chi connectivity index (χ3v) is 4.17. The number of amides is 3. The average Bonchev–Trinajstić information content (AvgIpc) is 3.15. The molecule has 2 heterocycles. The minimum Gasteiger partial charge on any atom is -0.467 e. The van der Waals surface area contributed by atoms with Gasteiger partial charge in [-0.2, -0.15) is 0 Å². The molecule has 0 bridgehead atoms. The molecule has 1 aromatic heterocycles. The maximum absolute atomic E-state index is 12.9. The van der Waals surface area contributed by atoms with E-state index in [1.807, 2.05) is 6.07 Å². The Morgan fingerprint density at radius 1 is 1.24 bits per heavy atom. The summed E-state index contributed by atoms with van der Waals surface area (Å²) < 4.78 is 10.2. The Morgan fingerprint density at radius 3 is 2.64 bits per heavy atom. The summed E-state index contributed by atoms with van der Waals surface area (Å²) in [4.78, 5) is 38.2. The molecule has 25 heavy (non-hydrogen) atoms. The molecule has 0 unspecified atom stereocenters. The number of hydrogen-bond donors (Lipinski definition) is 1. The predicted molar refractivity (Wildman–Crippen MR) is 87.5 cm³/mol. The quantitative estimate of drug-likeness (QED) is 0.666. The van der Waals surface area contributed by atoms with Gasteiger partial charge in [-0.1, -0.05) is 30.3 Å². The maximum Gasteiger partial charge on any atom is 0.341 e. The van der Waals surface area contributed by atoms with Crippen LogP contribution >= 0.6 is 0 Å². The molecule has 0 radical (unpaired) electrons. The summed E-state index contributed by atoms with van der Waals surface area (Å²) in [5.41, 5.74) is -0.272. The molecule has 7 heteroatoms. The van der Waals surface area contributed by atoms with Crippen molar-refractivity contribution in [2.45, 2.75) is 25.9 Å². The fourth-order valence-electron chi connectivity index (χ4n) is 2.81. The number of hydrogen-bond acceptors (Lipinski definition) is 5. The number of rotatable bonds is 5. The molecule has 2 aromatic rings. The normalized spacial score (nSPS) is 19.8. The first-order valence-electron chi connectivity index (χ1n) is 7.90. The Kier molecular flexibility index (Phi) is 4.31. The molecule has 1 N–H and O–H groups in total. The van der Waals surface area contributed by atoms with Gasteiger partial charge in [0.05, 0.1) is 19.4 Å². The van der Waals surface area contributed by atoms with Crippen molar-refractivity contribution in [2.75, 3.05) is 6.61 Å². The van der Waals surface area contributed by atoms with Crippen molar-refractivity contribution in [2.24, 2.45) is 0 Å². The lowest BCUT2D eigenvalue weighted by Gasteiger charge is -2.22. The monoisotopic (exact) mass is 342 g/mol. The van der Waals surface area contributed by atoms with Gasteiger partial charge in [0.2, 0.25) is 0 Å². The number of urea groups is 1. The first kappa shape index (κ1) is 16.8. The summed E-state index contributed by atoms with van der Waals surface area (Å²) in [7, 11) is 0. The Morgan fingerprint density at radius 2 is 1.96 bits per heavy atom. The van der Waals surface area contributed by atoms with Gasteiger partial charge in [-0.25, -0.2) is 9.59 Å². The molecule has 0 saturated carbocycles. The van der Waals surface area contributed by atoms with Crippen LogP contribution in [-0.4, -0.2) is 29.4 Å². The van der Waals surface area contributed by atoms with Crippen LogP contribution in [0.25, 0.3) is 0 Å². The second kappa shape index (κ2) is 6.43. The van der Waals surface area contributed by atoms with Crippen LogP contribution in [0, 0.1) is 0 Å². The Hall–Kier alpha value is -3.09. The molecule has 1 fully saturated rings. The van der Waals surface area contributed by atoms with Crippen molar-refractivity contribution >= 4 is 17.9 Å². The second-order valence-electron chi connectivity index (χ2n) is 5.79. The zero-order chi connectivity index (χ0) is 18.0. The van der Waals surface area contributed by atoms with Crippen LogP contribution in [0.5, 0.6) is 0 Å². The lowest BCUT2D eigenvalue weighted by Crippen LogP contribution is -2.40. The summed E-state index contributed by atoms with van der Waals surface area (Å²) in [6, 6.07) is 9.91. The minimum absolute atomic E-state index is 0.145. The topological polar surface area (TPSA) is 88.8 Å². The number of carbonyl (C=O) groups is 3. The van der Waals surface area contributed by atoms with Gasteiger partial charge in [-0.05, 0) is 25.5 Å². The van der Waals surface area contributed by atoms with Gasteiger partial charge in [-0.3, -0.25) is 9.69 Å². The van der Waals surface area contributed by atoms with Crippen molar-refractivity contribution in [3.8, 4) is 0 Å². The van der Waals surface area contributed by atoms with Gasteiger partial charge >= 0.3 is 12.0 Å². The first-order chi connectivity index (χ1) is 12.0. The van der Waals surface area contributed by atoms with Crippen molar-refractivity contribution in [1.82, 2.24) is 10.2 Å². The fourth-order valence-corrected chi connectivity index (χ4v) is 2.81. The van der Waals surface area contributed by atoms with E-state index >= 15 is 0 Å². The number of furan rings is 1. The number of benzene rings is 1. The number of carbonyl (C=O) groups excluding carboxylic acids is 3. The summed E-state index contributed by atoms with van der Waals surface area (Å²) in [5, 5.41) is 2.71. The van der Waals surface area contributed by atoms with Crippen LogP contribution < -0.4 is 5.32 Å². The Labute approximate surface area is 144 Å². The standard InChI is InChI=1S/C18H18N2O5/c1-3-24-15(21)13-9-10-25-14(13)11-20-16(22)18(2,19-17(20)23)12-7-5-4-6-8-12/h4-10H,3,11H2,1-2H3,(H,19,23)/t18-/m1/s1. The van der Waals surface area contributed by atoms with Crippen molar-refractivity contribution in [3.05, 3.63) is 59.5 Å². The Balaban J connectivity index is 1.86. The lowest BCUT2D eigenvalue weighted by atomic mass is 9.92. The van der Waals surface area contributed by atoms with Crippen molar-refractivity contribution in [1.29, 1.82) is 0 Å². The molecule has 1 aromatic carbocycles. The van der Waals surface area contributed by atoms with Crippen molar-refractivity contribution < 1.29 is 23.5 Å². The van der Waals surface area contributed by atoms with Crippen LogP contribution in [-0.2, 0) is 21.6 Å². The maximum atomic E-state index is 12.9. The molecule has 0 aliphatic carbocycles. The SMILES string of the molecule is CCOC(=O)c1ccoc1CN1C(=O)N[C@](C)(c2ccccc2)C1=O. The van der Waals surface area contributed by atoms with E-state index in [-0.39, 0.29) is 24.5 Å². The van der Waals surface area contributed by atoms with Gasteiger partial charge in [0.1, 0.15) is 16.9 Å². The number of ether oxygens (including phenoxy) is 1. The van der Waals surface area contributed by atoms with Gasteiger partial charge in [-0.15, -0.1) is 0 Å². The van der Waals surface area contributed by atoms with Gasteiger partial charge in [0, 0.05) is 0 Å². The van der Waals surface area contributed by atoms with Crippen LogP contribution in [0.1, 0.15) is 35.5 Å². The Bertz CT molecular complexity index is 814. The molecule has 7 nitrogen and oxygen atoms in total. The molecular weight excluding hydrogens is 324 g/mol. The fraction of sp³-hybridized carbons (Fsp3) is 0.278. The van der Waals surface area contributed by atoms with Gasteiger partial charge in [0.25, 0.3) is 5.91 Å². The van der Waals surface area contributed by atoms with E-state index in [0.717, 1.165) is 4.90 Å². The summed E-state index contributed by atoms with van der Waals surface area (Å²) in [6.07, 6.45) is 1.33. The third-order valence-electron chi connectivity index (χ3n) is 4.17. The first-order valence-corrected chi connectivity index (χ1v) is 7.90. The second-order valence-corrected chi connectivity index (χ2v) is 5.79. The van der Waals surface area contributed by atoms with E-state index in [1.54, 1.807) is 38.1 Å². The smallest absolute Gasteiger partial charge is 0.341 e. The molecule has 130 valence electrons. The zero-order valence-corrected chi connectivity index (χ0v) is 13.9. The molecule has 1 atom stereocenters. The molecule has 1 aliphatic heterocycles. The van der Waals surface area contributed by atoms with E-state index in [0.29, 0.717) is 5.56 Å². The van der Waals surface area contributed by atoms with Crippen molar-refractivity contribution in [3.63, 3.8) is 0 Å². The van der Waals surface area contributed by atoms with Crippen LogP contribution in [0.2, 0.25) is 0 Å². The van der Waals surface area contributed by atoms with E-state index in [1.165, 1.54) is 12.3 Å². The minimum atomic E-state index is -1.16. The molecule has 3 amide bonds. The summed E-state index contributed by atoms with van der Waals surface area (Å²) in [6.45, 7) is 3.42. The van der Waals surface area contributed by atoms with E-state index < -0.39 is 23.4 Å². The zero-order valence-electron chi connectivity index (χ0n) is 13.9. The number of imide groups is 1. The molecule has 0 spiro atoms. The summed E-state index contributed by atoms with van der Waals surface area (Å²) >= 11 is 0. The summed E-state index contributed by atoms with van der Waals surface area (Å²) in [5.74, 6) is -0.752. The average molecular weight is 342 g/mol. The highest BCUT2D eigenvalue weighted by molar-refractivity contribution is 6.07. The highest BCUT2D eigenvalue weighted by atomic mass is 16.5. The lowest BCUT2D eigenvalue weighted by molar-refractivity contribution is -0.131.